The van der Waals surface area contributed by atoms with Crippen LogP contribution in [0.25, 0.3) is 0 Å². The Kier molecular flexibility index (Phi) is 6.21. The maximum Gasteiger partial charge on any atom is 0.238 e. The Morgan fingerprint density at radius 2 is 1.29 bits per heavy atom. The molecule has 1 saturated heterocycles. The molecule has 146 valence electrons. The minimum Gasteiger partial charge on any atom is -0.369 e. The summed E-state index contributed by atoms with van der Waals surface area (Å²) in [6.45, 7) is 6.68. The average Bonchev–Trinajstić information content (AvgIpc) is 2.69. The second-order valence-corrected chi connectivity index (χ2v) is 7.05. The number of nitrogens with zero attached hydrogens (tertiary/aromatic N) is 2. The normalized spacial score (nSPS) is 14.6. The Morgan fingerprint density at radius 1 is 0.786 bits per heavy atom. The summed E-state index contributed by atoms with van der Waals surface area (Å²) in [5.41, 5.74) is 3.14. The van der Waals surface area contributed by atoms with Gasteiger partial charge in [-0.25, -0.2) is 0 Å². The van der Waals surface area contributed by atoms with Crippen molar-refractivity contribution in [2.24, 2.45) is 0 Å². The molecule has 28 heavy (non-hydrogen) atoms. The quantitative estimate of drug-likeness (QED) is 0.782. The summed E-state index contributed by atoms with van der Waals surface area (Å²) in [4.78, 5) is 39.4. The minimum absolute atomic E-state index is 0.00619. The van der Waals surface area contributed by atoms with Gasteiger partial charge >= 0.3 is 0 Å². The predicted octanol–water partition coefficient (Wildman–Crippen LogP) is 2.85. The molecule has 0 saturated carbocycles. The van der Waals surface area contributed by atoms with Gasteiger partial charge in [0.25, 0.3) is 0 Å². The Hall–Kier alpha value is -2.99. The van der Waals surface area contributed by atoms with Crippen LogP contribution in [0.4, 0.5) is 11.4 Å². The largest absolute Gasteiger partial charge is 0.369 e. The van der Waals surface area contributed by atoms with Gasteiger partial charge in [-0.15, -0.1) is 0 Å². The van der Waals surface area contributed by atoms with Crippen molar-refractivity contribution in [3.05, 3.63) is 59.7 Å². The molecule has 0 spiro atoms. The lowest BCUT2D eigenvalue weighted by molar-refractivity contribution is -0.117. The zero-order valence-electron chi connectivity index (χ0n) is 16.3. The van der Waals surface area contributed by atoms with Crippen LogP contribution in [0, 0.1) is 0 Å². The van der Waals surface area contributed by atoms with Crippen molar-refractivity contribution in [1.29, 1.82) is 0 Å². The number of Topliss-reactive ketones (excluding diaryl/α,β-unsaturated/α-hetero) is 2. The molecule has 0 aromatic heterocycles. The van der Waals surface area contributed by atoms with E-state index >= 15 is 0 Å². The number of hydrogen-bond acceptors (Lipinski definition) is 5. The van der Waals surface area contributed by atoms with E-state index in [1.807, 2.05) is 24.3 Å². The van der Waals surface area contributed by atoms with E-state index < -0.39 is 0 Å². The second kappa shape index (κ2) is 8.80. The van der Waals surface area contributed by atoms with Crippen LogP contribution in [0.5, 0.6) is 0 Å². The van der Waals surface area contributed by atoms with Gasteiger partial charge in [-0.05, 0) is 62.4 Å². The number of carbonyl (C=O) groups excluding carboxylic acids is 3. The fourth-order valence-corrected chi connectivity index (χ4v) is 3.26. The first-order valence-corrected chi connectivity index (χ1v) is 9.41. The fourth-order valence-electron chi connectivity index (χ4n) is 3.26. The summed E-state index contributed by atoms with van der Waals surface area (Å²) in [5, 5.41) is 2.88. The lowest BCUT2D eigenvalue weighted by Crippen LogP contribution is -2.48. The van der Waals surface area contributed by atoms with Gasteiger partial charge in [0.05, 0.1) is 6.54 Å². The molecule has 0 aliphatic carbocycles. The Morgan fingerprint density at radius 3 is 1.79 bits per heavy atom. The lowest BCUT2D eigenvalue weighted by atomic mass is 10.1. The van der Waals surface area contributed by atoms with Crippen LogP contribution in [0.1, 0.15) is 34.6 Å². The van der Waals surface area contributed by atoms with E-state index in [1.165, 1.54) is 6.92 Å². The Labute approximate surface area is 165 Å². The van der Waals surface area contributed by atoms with Gasteiger partial charge in [0, 0.05) is 48.7 Å². The van der Waals surface area contributed by atoms with E-state index in [9.17, 15) is 14.4 Å². The number of rotatable bonds is 6. The van der Waals surface area contributed by atoms with Crippen molar-refractivity contribution in [1.82, 2.24) is 4.90 Å². The van der Waals surface area contributed by atoms with Gasteiger partial charge in [0.2, 0.25) is 5.91 Å². The van der Waals surface area contributed by atoms with E-state index in [0.717, 1.165) is 37.4 Å². The van der Waals surface area contributed by atoms with Crippen LogP contribution >= 0.6 is 0 Å². The standard InChI is InChI=1S/C22H25N3O3/c1-16(26)18-3-7-20(8-4-18)23-22(28)15-24-11-13-25(14-12-24)21-9-5-19(6-10-21)17(2)27/h3-10H,11-15H2,1-2H3,(H,23,28). The molecule has 2 aromatic rings. The fraction of sp³-hybridized carbons (Fsp3) is 0.318. The molecule has 1 fully saturated rings. The van der Waals surface area contributed by atoms with E-state index in [2.05, 4.69) is 15.1 Å². The third-order valence-corrected chi connectivity index (χ3v) is 4.95. The van der Waals surface area contributed by atoms with Gasteiger partial charge in [0.15, 0.2) is 11.6 Å². The number of hydrogen-bond donors (Lipinski definition) is 1. The highest BCUT2D eigenvalue weighted by molar-refractivity contribution is 5.96. The average molecular weight is 379 g/mol. The van der Waals surface area contributed by atoms with Crippen molar-refractivity contribution >= 4 is 28.8 Å². The van der Waals surface area contributed by atoms with E-state index in [0.29, 0.717) is 17.8 Å². The molecule has 0 bridgehead atoms. The number of piperazine rings is 1. The SMILES string of the molecule is CC(=O)c1ccc(NC(=O)CN2CCN(c3ccc(C(C)=O)cc3)CC2)cc1. The van der Waals surface area contributed by atoms with E-state index in [4.69, 9.17) is 0 Å². The first-order valence-electron chi connectivity index (χ1n) is 9.41. The van der Waals surface area contributed by atoms with Gasteiger partial charge in [0.1, 0.15) is 0 Å². The molecule has 1 N–H and O–H groups in total. The molecule has 6 heteroatoms. The van der Waals surface area contributed by atoms with Crippen molar-refractivity contribution < 1.29 is 14.4 Å². The van der Waals surface area contributed by atoms with Gasteiger partial charge in [-0.1, -0.05) is 0 Å². The van der Waals surface area contributed by atoms with E-state index in [1.54, 1.807) is 31.2 Å². The highest BCUT2D eigenvalue weighted by Gasteiger charge is 2.19. The maximum absolute atomic E-state index is 12.3. The molecular formula is C22H25N3O3. The van der Waals surface area contributed by atoms with E-state index in [-0.39, 0.29) is 17.5 Å². The summed E-state index contributed by atoms with van der Waals surface area (Å²) in [6, 6.07) is 14.6. The third kappa shape index (κ3) is 5.04. The highest BCUT2D eigenvalue weighted by Crippen LogP contribution is 2.18. The van der Waals surface area contributed by atoms with Crippen LogP contribution in [0.2, 0.25) is 0 Å². The first-order chi connectivity index (χ1) is 13.4. The van der Waals surface area contributed by atoms with Crippen LogP contribution in [0.15, 0.2) is 48.5 Å². The third-order valence-electron chi connectivity index (χ3n) is 4.95. The summed E-state index contributed by atoms with van der Waals surface area (Å²) >= 11 is 0. The molecule has 2 aromatic carbocycles. The van der Waals surface area contributed by atoms with Crippen molar-refractivity contribution in [2.75, 3.05) is 42.9 Å². The molecule has 1 aliphatic rings. The number of carbonyl (C=O) groups is 3. The summed E-state index contributed by atoms with van der Waals surface area (Å²) < 4.78 is 0. The van der Waals surface area contributed by atoms with Gasteiger partial charge in [-0.2, -0.15) is 0 Å². The number of amides is 1. The van der Waals surface area contributed by atoms with Crippen molar-refractivity contribution in [3.63, 3.8) is 0 Å². The molecule has 1 aliphatic heterocycles. The van der Waals surface area contributed by atoms with Crippen LogP contribution < -0.4 is 10.2 Å². The first kappa shape index (κ1) is 19.8. The predicted molar refractivity (Wildman–Crippen MR) is 110 cm³/mol. The monoisotopic (exact) mass is 379 g/mol. The molecule has 1 heterocycles. The summed E-state index contributed by atoms with van der Waals surface area (Å²) in [5.74, 6) is 0.0137. The number of anilines is 2. The molecule has 1 amide bonds. The lowest BCUT2D eigenvalue weighted by Gasteiger charge is -2.35. The minimum atomic E-state index is -0.0603. The van der Waals surface area contributed by atoms with Gasteiger partial charge < -0.3 is 10.2 Å². The maximum atomic E-state index is 12.3. The molecule has 0 unspecified atom stereocenters. The zero-order valence-corrected chi connectivity index (χ0v) is 16.3. The summed E-state index contributed by atoms with van der Waals surface area (Å²) in [6.07, 6.45) is 0. The number of nitrogens with one attached hydrogen (secondary N) is 1. The zero-order chi connectivity index (χ0) is 20.1. The molecule has 6 nitrogen and oxygen atoms in total. The molecule has 0 radical (unpaired) electrons. The Balaban J connectivity index is 1.47. The number of benzene rings is 2. The highest BCUT2D eigenvalue weighted by atomic mass is 16.2. The summed E-state index contributed by atoms with van der Waals surface area (Å²) in [7, 11) is 0. The van der Waals surface area contributed by atoms with Crippen LogP contribution in [-0.2, 0) is 4.79 Å². The van der Waals surface area contributed by atoms with Gasteiger partial charge in [-0.3, -0.25) is 19.3 Å². The number of ketones is 2. The second-order valence-electron chi connectivity index (χ2n) is 7.05. The molecular weight excluding hydrogens is 354 g/mol. The van der Waals surface area contributed by atoms with Crippen LogP contribution in [0.3, 0.4) is 0 Å². The van der Waals surface area contributed by atoms with Crippen LogP contribution in [-0.4, -0.2) is 55.1 Å². The molecule has 3 rings (SSSR count). The smallest absolute Gasteiger partial charge is 0.238 e. The Bertz CT molecular complexity index is 852. The molecule has 0 atom stereocenters. The van der Waals surface area contributed by atoms with Crippen molar-refractivity contribution in [2.45, 2.75) is 13.8 Å². The van der Waals surface area contributed by atoms with Crippen molar-refractivity contribution in [3.8, 4) is 0 Å². The topological polar surface area (TPSA) is 69.7 Å².